The molecule has 3 N–H and O–H groups in total. The van der Waals surface area contributed by atoms with Gasteiger partial charge < -0.3 is 10.4 Å². The van der Waals surface area contributed by atoms with Crippen LogP contribution in [0.15, 0.2) is 64.5 Å². The summed E-state index contributed by atoms with van der Waals surface area (Å²) in [5.74, 6) is -0.885. The van der Waals surface area contributed by atoms with Gasteiger partial charge in [0, 0.05) is 21.7 Å². The molecule has 1 heterocycles. The molecule has 0 spiro atoms. The average molecular weight is 364 g/mol. The summed E-state index contributed by atoms with van der Waals surface area (Å²) >= 11 is 1.37. The van der Waals surface area contributed by atoms with Crippen LogP contribution in [0.1, 0.15) is 16.2 Å². The number of nitrogens with zero attached hydrogens (tertiary/aromatic N) is 4. The summed E-state index contributed by atoms with van der Waals surface area (Å²) in [5, 5.41) is 34.7. The third-order valence-electron chi connectivity index (χ3n) is 3.27. The molecule has 1 aromatic heterocycles. The Balaban J connectivity index is 1.85. The molecule has 0 atom stereocenters. The summed E-state index contributed by atoms with van der Waals surface area (Å²) in [4.78, 5) is 13.2. The van der Waals surface area contributed by atoms with Crippen molar-refractivity contribution in [2.24, 2.45) is 0 Å². The van der Waals surface area contributed by atoms with E-state index in [1.54, 1.807) is 12.1 Å². The molecule has 3 rings (SSSR count). The lowest BCUT2D eigenvalue weighted by atomic mass is 10.2. The van der Waals surface area contributed by atoms with Gasteiger partial charge in [0.25, 0.3) is 0 Å². The van der Waals surface area contributed by atoms with Crippen LogP contribution in [0.5, 0.6) is 0 Å². The van der Waals surface area contributed by atoms with Crippen molar-refractivity contribution in [2.45, 2.75) is 9.79 Å². The highest BCUT2D eigenvalue weighted by Gasteiger charge is 2.13. The normalized spacial score (nSPS) is 11.0. The van der Waals surface area contributed by atoms with Crippen molar-refractivity contribution in [3.05, 3.63) is 66.1 Å². The summed E-state index contributed by atoms with van der Waals surface area (Å²) in [7, 11) is 0. The standard InChI is InChI=1S/C17H12N6O2S/c18-9-11(16-20-22-23-21-16)10-19-12-6-7-15(14(8-12)17(24)25)26-13-4-2-1-3-5-13/h1-8,10,19H,(H,24,25)(H,20,21,22,23). The summed E-state index contributed by atoms with van der Waals surface area (Å²) in [5.41, 5.74) is 0.852. The molecule has 0 amide bonds. The second kappa shape index (κ2) is 7.96. The first-order chi connectivity index (χ1) is 12.7. The Kier molecular flexibility index (Phi) is 5.26. The molecule has 0 bridgehead atoms. The van der Waals surface area contributed by atoms with Crippen LogP contribution in [0, 0.1) is 11.3 Å². The monoisotopic (exact) mass is 364 g/mol. The van der Waals surface area contributed by atoms with Gasteiger partial charge in [0.05, 0.1) is 5.56 Å². The number of rotatable bonds is 6. The van der Waals surface area contributed by atoms with E-state index >= 15 is 0 Å². The molecule has 3 aromatic rings. The highest BCUT2D eigenvalue weighted by atomic mass is 32.2. The lowest BCUT2D eigenvalue weighted by molar-refractivity contribution is 0.0693. The Labute approximate surface area is 152 Å². The van der Waals surface area contributed by atoms with E-state index in [0.717, 1.165) is 4.90 Å². The average Bonchev–Trinajstić information content (AvgIpc) is 3.18. The van der Waals surface area contributed by atoms with Crippen molar-refractivity contribution >= 4 is 29.0 Å². The van der Waals surface area contributed by atoms with Gasteiger partial charge in [0.15, 0.2) is 0 Å². The van der Waals surface area contributed by atoms with Crippen LogP contribution < -0.4 is 5.32 Å². The molecular weight excluding hydrogens is 352 g/mol. The molecule has 9 heteroatoms. The predicted molar refractivity (Wildman–Crippen MR) is 95.4 cm³/mol. The van der Waals surface area contributed by atoms with E-state index in [1.807, 2.05) is 36.4 Å². The van der Waals surface area contributed by atoms with E-state index in [4.69, 9.17) is 5.26 Å². The third-order valence-corrected chi connectivity index (χ3v) is 4.35. The quantitative estimate of drug-likeness (QED) is 0.570. The minimum absolute atomic E-state index is 0.148. The summed E-state index contributed by atoms with van der Waals surface area (Å²) in [6.45, 7) is 0. The number of aromatic amines is 1. The number of anilines is 1. The number of tetrazole rings is 1. The van der Waals surface area contributed by atoms with Crippen molar-refractivity contribution < 1.29 is 9.90 Å². The van der Waals surface area contributed by atoms with E-state index in [2.05, 4.69) is 25.9 Å². The molecule has 0 fully saturated rings. The number of aromatic carboxylic acids is 1. The first-order valence-electron chi connectivity index (χ1n) is 7.38. The maximum Gasteiger partial charge on any atom is 0.336 e. The number of aromatic nitrogens is 4. The van der Waals surface area contributed by atoms with Crippen molar-refractivity contribution in [1.82, 2.24) is 20.6 Å². The highest BCUT2D eigenvalue weighted by molar-refractivity contribution is 7.99. The predicted octanol–water partition coefficient (Wildman–Crippen LogP) is 3.03. The van der Waals surface area contributed by atoms with Crippen molar-refractivity contribution in [3.8, 4) is 6.07 Å². The highest BCUT2D eigenvalue weighted by Crippen LogP contribution is 2.32. The van der Waals surface area contributed by atoms with E-state index in [-0.39, 0.29) is 17.0 Å². The Bertz CT molecular complexity index is 980. The van der Waals surface area contributed by atoms with Gasteiger partial charge in [-0.2, -0.15) is 10.5 Å². The van der Waals surface area contributed by atoms with Crippen LogP contribution >= 0.6 is 11.8 Å². The summed E-state index contributed by atoms with van der Waals surface area (Å²) in [6, 6.07) is 16.4. The fraction of sp³-hybridized carbons (Fsp3) is 0. The molecule has 128 valence electrons. The summed E-state index contributed by atoms with van der Waals surface area (Å²) in [6.07, 6.45) is 1.40. The second-order valence-electron chi connectivity index (χ2n) is 4.98. The van der Waals surface area contributed by atoms with Gasteiger partial charge in [-0.3, -0.25) is 0 Å². The fourth-order valence-electron chi connectivity index (χ4n) is 2.07. The van der Waals surface area contributed by atoms with E-state index < -0.39 is 5.97 Å². The zero-order valence-corrected chi connectivity index (χ0v) is 14.1. The minimum atomic E-state index is -1.03. The molecule has 0 unspecified atom stereocenters. The van der Waals surface area contributed by atoms with Crippen molar-refractivity contribution in [1.29, 1.82) is 5.26 Å². The molecule has 0 aliphatic carbocycles. The minimum Gasteiger partial charge on any atom is -0.478 e. The van der Waals surface area contributed by atoms with Gasteiger partial charge in [0.1, 0.15) is 11.6 Å². The van der Waals surface area contributed by atoms with Crippen LogP contribution in [0.2, 0.25) is 0 Å². The fourth-order valence-corrected chi connectivity index (χ4v) is 3.01. The van der Waals surface area contributed by atoms with Gasteiger partial charge in [0.2, 0.25) is 5.82 Å². The molecule has 0 aliphatic rings. The molecular formula is C17H12N6O2S. The number of nitrogens with one attached hydrogen (secondary N) is 2. The molecule has 8 nitrogen and oxygen atoms in total. The molecule has 2 aromatic carbocycles. The van der Waals surface area contributed by atoms with Crippen LogP contribution in [-0.4, -0.2) is 31.7 Å². The molecule has 0 aliphatic heterocycles. The summed E-state index contributed by atoms with van der Waals surface area (Å²) < 4.78 is 0. The van der Waals surface area contributed by atoms with E-state index in [0.29, 0.717) is 10.6 Å². The number of hydrogen-bond donors (Lipinski definition) is 3. The van der Waals surface area contributed by atoms with Gasteiger partial charge in [-0.1, -0.05) is 30.0 Å². The third kappa shape index (κ3) is 4.06. The maximum atomic E-state index is 11.6. The molecule has 0 saturated heterocycles. The lowest BCUT2D eigenvalue weighted by Gasteiger charge is -2.09. The zero-order chi connectivity index (χ0) is 18.4. The van der Waals surface area contributed by atoms with Crippen LogP contribution in [0.25, 0.3) is 5.57 Å². The SMILES string of the molecule is N#CC(=CNc1ccc(Sc2ccccc2)c(C(=O)O)c1)c1nn[nH]n1. The first-order valence-corrected chi connectivity index (χ1v) is 8.20. The Morgan fingerprint density at radius 2 is 2.08 bits per heavy atom. The van der Waals surface area contributed by atoms with Crippen LogP contribution in [0.3, 0.4) is 0 Å². The van der Waals surface area contributed by atoms with Crippen molar-refractivity contribution in [3.63, 3.8) is 0 Å². The van der Waals surface area contributed by atoms with E-state index in [9.17, 15) is 9.90 Å². The van der Waals surface area contributed by atoms with Gasteiger partial charge in [-0.25, -0.2) is 4.79 Å². The van der Waals surface area contributed by atoms with Crippen molar-refractivity contribution in [2.75, 3.05) is 5.32 Å². The molecule has 26 heavy (non-hydrogen) atoms. The lowest BCUT2D eigenvalue weighted by Crippen LogP contribution is -2.01. The van der Waals surface area contributed by atoms with Crippen LogP contribution in [-0.2, 0) is 0 Å². The Morgan fingerprint density at radius 1 is 1.27 bits per heavy atom. The number of nitriles is 1. The topological polar surface area (TPSA) is 128 Å². The maximum absolute atomic E-state index is 11.6. The number of carboxylic acids is 1. The first kappa shape index (κ1) is 17.2. The van der Waals surface area contributed by atoms with Gasteiger partial charge in [-0.15, -0.1) is 10.2 Å². The van der Waals surface area contributed by atoms with Gasteiger partial charge in [-0.05, 0) is 35.5 Å². The van der Waals surface area contributed by atoms with Crippen LogP contribution in [0.4, 0.5) is 5.69 Å². The Hall–Kier alpha value is -3.64. The Morgan fingerprint density at radius 3 is 2.73 bits per heavy atom. The van der Waals surface area contributed by atoms with Gasteiger partial charge >= 0.3 is 5.97 Å². The zero-order valence-electron chi connectivity index (χ0n) is 13.2. The molecule has 0 saturated carbocycles. The smallest absolute Gasteiger partial charge is 0.336 e. The number of carbonyl (C=O) groups is 1. The number of H-pyrrole nitrogens is 1. The molecule has 0 radical (unpaired) electrons. The number of hydrogen-bond acceptors (Lipinski definition) is 7. The largest absolute Gasteiger partial charge is 0.478 e. The number of benzene rings is 2. The number of carboxylic acid groups (broad SMARTS) is 1. The van der Waals surface area contributed by atoms with E-state index in [1.165, 1.54) is 24.0 Å². The number of allylic oxidation sites excluding steroid dienone is 1. The second-order valence-corrected chi connectivity index (χ2v) is 6.10.